The fourth-order valence-electron chi connectivity index (χ4n) is 3.06. The maximum Gasteiger partial charge on any atom is 0.209 e. The van der Waals surface area contributed by atoms with Gasteiger partial charge in [-0.2, -0.15) is 0 Å². The minimum atomic E-state index is -3.32. The van der Waals surface area contributed by atoms with Crippen LogP contribution in [0.5, 0.6) is 0 Å². The van der Waals surface area contributed by atoms with Gasteiger partial charge in [0.2, 0.25) is 10.0 Å². The van der Waals surface area contributed by atoms with Gasteiger partial charge in [0.25, 0.3) is 0 Å². The summed E-state index contributed by atoms with van der Waals surface area (Å²) in [5, 5.41) is 5.03. The topological polar surface area (TPSA) is 63.4 Å². The Balaban J connectivity index is 1.89. The van der Waals surface area contributed by atoms with Crippen LogP contribution in [0.25, 0.3) is 0 Å². The molecule has 1 aliphatic heterocycles. The molecule has 0 radical (unpaired) electrons. The second-order valence-corrected chi connectivity index (χ2v) is 7.60. The molecule has 0 bridgehead atoms. The lowest BCUT2D eigenvalue weighted by atomic mass is 9.93. The van der Waals surface area contributed by atoms with Crippen LogP contribution in [0.3, 0.4) is 0 Å². The van der Waals surface area contributed by atoms with Crippen molar-refractivity contribution in [3.63, 3.8) is 0 Å². The monoisotopic (exact) mass is 296 g/mol. The lowest BCUT2D eigenvalue weighted by molar-refractivity contribution is 0.335. The molecule has 1 aliphatic rings. The summed E-state index contributed by atoms with van der Waals surface area (Å²) in [7, 11) is -3.32. The zero-order chi connectivity index (χ0) is 14.8. The molecule has 2 N–H and O–H groups in total. The Labute approximate surface area is 122 Å². The molecule has 0 aliphatic carbocycles. The Bertz CT molecular complexity index is 569. The van der Waals surface area contributed by atoms with Crippen molar-refractivity contribution in [3.05, 3.63) is 34.9 Å². The number of primary sulfonamides is 1. The van der Waals surface area contributed by atoms with Crippen LogP contribution >= 0.6 is 0 Å². The van der Waals surface area contributed by atoms with E-state index in [9.17, 15) is 8.42 Å². The van der Waals surface area contributed by atoms with E-state index in [4.69, 9.17) is 5.14 Å². The Kier molecular flexibility index (Phi) is 4.83. The average molecular weight is 296 g/mol. The van der Waals surface area contributed by atoms with Crippen LogP contribution in [0.15, 0.2) is 18.2 Å². The number of likely N-dealkylation sites (tertiary alicyclic amines) is 1. The molecule has 0 saturated carbocycles. The summed E-state index contributed by atoms with van der Waals surface area (Å²) in [6.45, 7) is 7.17. The number of benzene rings is 1. The molecule has 112 valence electrons. The maximum absolute atomic E-state index is 10.9. The van der Waals surface area contributed by atoms with E-state index in [0.29, 0.717) is 12.3 Å². The quantitative estimate of drug-likeness (QED) is 0.900. The molecule has 1 aromatic rings. The highest BCUT2D eigenvalue weighted by atomic mass is 32.2. The minimum Gasteiger partial charge on any atom is -0.303 e. The van der Waals surface area contributed by atoms with Gasteiger partial charge in [0.05, 0.1) is 5.75 Å². The number of nitrogens with two attached hydrogens (primary N) is 1. The zero-order valence-corrected chi connectivity index (χ0v) is 13.1. The van der Waals surface area contributed by atoms with Crippen LogP contribution in [-0.2, 0) is 10.0 Å². The molecule has 0 unspecified atom stereocenters. The number of nitrogens with zero attached hydrogens (tertiary/aromatic N) is 1. The predicted molar refractivity (Wildman–Crippen MR) is 82.3 cm³/mol. The summed E-state index contributed by atoms with van der Waals surface area (Å²) < 4.78 is 21.9. The van der Waals surface area contributed by atoms with Gasteiger partial charge < -0.3 is 4.90 Å². The highest BCUT2D eigenvalue weighted by molar-refractivity contribution is 7.89. The second kappa shape index (κ2) is 6.24. The summed E-state index contributed by atoms with van der Waals surface area (Å²) in [6.07, 6.45) is 1.78. The first-order chi connectivity index (χ1) is 9.35. The van der Waals surface area contributed by atoms with Gasteiger partial charge in [0.15, 0.2) is 0 Å². The van der Waals surface area contributed by atoms with Crippen LogP contribution in [0.1, 0.15) is 35.4 Å². The van der Waals surface area contributed by atoms with Crippen molar-refractivity contribution >= 4 is 10.0 Å². The summed E-state index contributed by atoms with van der Waals surface area (Å²) in [5.74, 6) is 0.655. The molecule has 0 aromatic heterocycles. The van der Waals surface area contributed by atoms with E-state index in [0.717, 1.165) is 26.1 Å². The lowest BCUT2D eigenvalue weighted by Crippen LogP contribution is -2.25. The number of sulfonamides is 1. The number of hydrogen-bond donors (Lipinski definition) is 1. The molecule has 4 nitrogen and oxygen atoms in total. The highest BCUT2D eigenvalue weighted by Crippen LogP contribution is 2.29. The molecule has 0 amide bonds. The largest absolute Gasteiger partial charge is 0.303 e. The van der Waals surface area contributed by atoms with Gasteiger partial charge in [0, 0.05) is 6.54 Å². The van der Waals surface area contributed by atoms with Crippen molar-refractivity contribution in [2.75, 3.05) is 25.4 Å². The van der Waals surface area contributed by atoms with E-state index < -0.39 is 10.0 Å². The predicted octanol–water partition coefficient (Wildman–Crippen LogP) is 1.77. The van der Waals surface area contributed by atoms with Crippen LogP contribution in [0.4, 0.5) is 0 Å². The van der Waals surface area contributed by atoms with E-state index in [2.05, 4.69) is 36.9 Å². The van der Waals surface area contributed by atoms with E-state index in [-0.39, 0.29) is 5.75 Å². The van der Waals surface area contributed by atoms with Gasteiger partial charge in [0.1, 0.15) is 0 Å². The van der Waals surface area contributed by atoms with Gasteiger partial charge >= 0.3 is 0 Å². The lowest BCUT2D eigenvalue weighted by Gasteiger charge is -2.17. The SMILES string of the molecule is Cc1ccc([C@H]2CCN(CCCS(N)(=O)=O)C2)c(C)c1. The fourth-order valence-corrected chi connectivity index (χ4v) is 3.59. The number of rotatable bonds is 5. The average Bonchev–Trinajstić information content (AvgIpc) is 2.75. The normalized spacial score (nSPS) is 20.4. The molecule has 2 rings (SSSR count). The van der Waals surface area contributed by atoms with E-state index >= 15 is 0 Å². The van der Waals surface area contributed by atoms with Gasteiger partial charge in [-0.1, -0.05) is 23.8 Å². The van der Waals surface area contributed by atoms with Gasteiger partial charge in [-0.3, -0.25) is 0 Å². The van der Waals surface area contributed by atoms with E-state index in [1.54, 1.807) is 0 Å². The standard InChI is InChI=1S/C15H24N2O2S/c1-12-4-5-15(13(2)10-12)14-6-8-17(11-14)7-3-9-20(16,18)19/h4-5,10,14H,3,6-9,11H2,1-2H3,(H2,16,18,19)/t14-/m0/s1. The van der Waals surface area contributed by atoms with Crippen LogP contribution in [0.2, 0.25) is 0 Å². The second-order valence-electron chi connectivity index (χ2n) is 5.87. The first-order valence-corrected chi connectivity index (χ1v) is 8.87. The van der Waals surface area contributed by atoms with Crippen LogP contribution in [0, 0.1) is 13.8 Å². The van der Waals surface area contributed by atoms with Crippen molar-refractivity contribution in [1.29, 1.82) is 0 Å². The molecule has 1 atom stereocenters. The highest BCUT2D eigenvalue weighted by Gasteiger charge is 2.24. The fraction of sp³-hybridized carbons (Fsp3) is 0.600. The Morgan fingerprint density at radius 1 is 1.35 bits per heavy atom. The first kappa shape index (κ1) is 15.5. The van der Waals surface area contributed by atoms with Crippen molar-refractivity contribution in [3.8, 4) is 0 Å². The third-order valence-corrected chi connectivity index (χ3v) is 4.90. The maximum atomic E-state index is 10.9. The van der Waals surface area contributed by atoms with E-state index in [1.807, 2.05) is 0 Å². The molecule has 0 spiro atoms. The van der Waals surface area contributed by atoms with Crippen molar-refractivity contribution in [2.45, 2.75) is 32.6 Å². The van der Waals surface area contributed by atoms with Crippen LogP contribution in [-0.4, -0.2) is 38.7 Å². The molecule has 5 heteroatoms. The van der Waals surface area contributed by atoms with Crippen molar-refractivity contribution in [1.82, 2.24) is 4.90 Å². The van der Waals surface area contributed by atoms with Gasteiger partial charge in [-0.05, 0) is 56.8 Å². The Morgan fingerprint density at radius 3 is 2.75 bits per heavy atom. The smallest absolute Gasteiger partial charge is 0.209 e. The molecule has 20 heavy (non-hydrogen) atoms. The molecular weight excluding hydrogens is 272 g/mol. The molecular formula is C15H24N2O2S. The van der Waals surface area contributed by atoms with Gasteiger partial charge in [-0.15, -0.1) is 0 Å². The molecule has 1 fully saturated rings. The van der Waals surface area contributed by atoms with Crippen LogP contribution < -0.4 is 5.14 Å². The molecule has 1 heterocycles. The Hall–Kier alpha value is -0.910. The van der Waals surface area contributed by atoms with Crippen molar-refractivity contribution in [2.24, 2.45) is 5.14 Å². The third kappa shape index (κ3) is 4.30. The minimum absolute atomic E-state index is 0.0811. The zero-order valence-electron chi connectivity index (χ0n) is 12.3. The number of aryl methyl sites for hydroxylation is 2. The molecule has 1 aromatic carbocycles. The summed E-state index contributed by atoms with van der Waals surface area (Å²) in [5.41, 5.74) is 4.10. The first-order valence-electron chi connectivity index (χ1n) is 7.15. The van der Waals surface area contributed by atoms with E-state index in [1.165, 1.54) is 16.7 Å². The number of hydrogen-bond acceptors (Lipinski definition) is 3. The summed E-state index contributed by atoms with van der Waals surface area (Å²) in [4.78, 5) is 2.34. The summed E-state index contributed by atoms with van der Waals surface area (Å²) in [6, 6.07) is 6.65. The van der Waals surface area contributed by atoms with Gasteiger partial charge in [-0.25, -0.2) is 13.6 Å². The molecule has 1 saturated heterocycles. The Morgan fingerprint density at radius 2 is 2.10 bits per heavy atom. The van der Waals surface area contributed by atoms with Crippen molar-refractivity contribution < 1.29 is 8.42 Å². The summed E-state index contributed by atoms with van der Waals surface area (Å²) >= 11 is 0. The third-order valence-electron chi connectivity index (χ3n) is 4.04.